The number of piperidine rings is 1. The largest absolute Gasteiger partial charge is 0.497 e. The van der Waals surface area contributed by atoms with Gasteiger partial charge in [-0.15, -0.1) is 21.5 Å². The van der Waals surface area contributed by atoms with Gasteiger partial charge in [0, 0.05) is 31.6 Å². The average molecular weight is 480 g/mol. The molecule has 3 heterocycles. The monoisotopic (exact) mass is 479 g/mol. The maximum Gasteiger partial charge on any atom is 0.233 e. The Kier molecular flexibility index (Phi) is 6.32. The number of thioether (sulfide) groups is 1. The van der Waals surface area contributed by atoms with Gasteiger partial charge < -0.3 is 14.2 Å². The number of likely N-dealkylation sites (tertiary alicyclic amines) is 1. The molecule has 0 bridgehead atoms. The number of nitrogens with zero attached hydrogens (tertiary/aromatic N) is 5. The fraction of sp³-hybridized carbons (Fsp3) is 0.333. The molecule has 1 aliphatic heterocycles. The number of carbonyl (C=O) groups is 1. The maximum atomic E-state index is 13.0. The summed E-state index contributed by atoms with van der Waals surface area (Å²) in [6, 6.07) is 15.9. The van der Waals surface area contributed by atoms with Gasteiger partial charge in [-0.2, -0.15) is 0 Å². The Morgan fingerprint density at radius 1 is 1.18 bits per heavy atom. The van der Waals surface area contributed by atoms with Gasteiger partial charge in [0.15, 0.2) is 11.0 Å². The van der Waals surface area contributed by atoms with Crippen LogP contribution >= 0.6 is 23.1 Å². The van der Waals surface area contributed by atoms with E-state index in [1.165, 1.54) is 16.5 Å². The lowest BCUT2D eigenvalue weighted by Crippen LogP contribution is -2.40. The van der Waals surface area contributed by atoms with Crippen molar-refractivity contribution >= 4 is 39.2 Å². The predicted octanol–water partition coefficient (Wildman–Crippen LogP) is 4.60. The first-order chi connectivity index (χ1) is 16.1. The summed E-state index contributed by atoms with van der Waals surface area (Å²) in [5, 5.41) is 10.5. The molecule has 0 spiro atoms. The lowest BCUT2D eigenvalue weighted by atomic mass is 9.99. The molecule has 1 aliphatic rings. The number of thiazole rings is 1. The third-order valence-electron chi connectivity index (χ3n) is 5.94. The molecule has 0 aliphatic carbocycles. The first-order valence-electron chi connectivity index (χ1n) is 10.9. The highest BCUT2D eigenvalue weighted by Crippen LogP contribution is 2.33. The second-order valence-corrected chi connectivity index (χ2v) is 10.1. The van der Waals surface area contributed by atoms with E-state index in [4.69, 9.17) is 9.72 Å². The van der Waals surface area contributed by atoms with E-state index in [0.717, 1.165) is 58.7 Å². The fourth-order valence-corrected chi connectivity index (χ4v) is 6.03. The summed E-state index contributed by atoms with van der Waals surface area (Å²) in [5.41, 5.74) is 2.00. The van der Waals surface area contributed by atoms with E-state index >= 15 is 0 Å². The summed E-state index contributed by atoms with van der Waals surface area (Å²) in [4.78, 5) is 19.8. The quantitative estimate of drug-likeness (QED) is 0.377. The normalized spacial score (nSPS) is 16.3. The molecule has 7 nitrogen and oxygen atoms in total. The summed E-state index contributed by atoms with van der Waals surface area (Å²) in [5.74, 6) is 2.36. The molecule has 0 unspecified atom stereocenters. The van der Waals surface area contributed by atoms with Gasteiger partial charge >= 0.3 is 0 Å². The highest BCUT2D eigenvalue weighted by Gasteiger charge is 2.27. The second kappa shape index (κ2) is 9.52. The zero-order chi connectivity index (χ0) is 22.8. The molecule has 0 radical (unpaired) electrons. The number of carbonyl (C=O) groups excluding carboxylic acids is 1. The van der Waals surface area contributed by atoms with Gasteiger partial charge in [0.1, 0.15) is 5.75 Å². The zero-order valence-corrected chi connectivity index (χ0v) is 20.2. The van der Waals surface area contributed by atoms with Crippen molar-refractivity contribution < 1.29 is 9.53 Å². The van der Waals surface area contributed by atoms with Crippen molar-refractivity contribution in [3.63, 3.8) is 0 Å². The third-order valence-corrected chi connectivity index (χ3v) is 8.15. The molecule has 0 saturated carbocycles. The fourth-order valence-electron chi connectivity index (χ4n) is 4.12. The summed E-state index contributed by atoms with van der Waals surface area (Å²) >= 11 is 3.18. The molecule has 2 aromatic carbocycles. The Bertz CT molecular complexity index is 1230. The molecule has 9 heteroatoms. The smallest absolute Gasteiger partial charge is 0.233 e. The van der Waals surface area contributed by atoms with Crippen molar-refractivity contribution in [2.75, 3.05) is 26.0 Å². The highest BCUT2D eigenvalue weighted by atomic mass is 32.2. The van der Waals surface area contributed by atoms with Crippen LogP contribution < -0.4 is 4.74 Å². The molecule has 2 aromatic heterocycles. The van der Waals surface area contributed by atoms with Gasteiger partial charge in [0.25, 0.3) is 0 Å². The number of aromatic nitrogens is 4. The van der Waals surface area contributed by atoms with Gasteiger partial charge in [-0.3, -0.25) is 4.79 Å². The van der Waals surface area contributed by atoms with E-state index in [-0.39, 0.29) is 5.91 Å². The Balaban J connectivity index is 1.22. The SMILES string of the molecule is COc1ccc(-c2nnc(SCC(=O)N3CCC[C@H](c4nc5ccccc5s4)C3)n2C)cc1. The van der Waals surface area contributed by atoms with Crippen LogP contribution in [0.5, 0.6) is 5.75 Å². The molecule has 1 atom stereocenters. The molecule has 0 N–H and O–H groups in total. The van der Waals surface area contributed by atoms with Gasteiger partial charge in [-0.25, -0.2) is 4.98 Å². The summed E-state index contributed by atoms with van der Waals surface area (Å²) in [7, 11) is 3.57. The number of amides is 1. The third kappa shape index (κ3) is 4.60. The van der Waals surface area contributed by atoms with Crippen molar-refractivity contribution in [2.24, 2.45) is 7.05 Å². The topological polar surface area (TPSA) is 73.1 Å². The van der Waals surface area contributed by atoms with E-state index in [9.17, 15) is 4.79 Å². The van der Waals surface area contributed by atoms with Gasteiger partial charge in [0.2, 0.25) is 5.91 Å². The minimum absolute atomic E-state index is 0.139. The van der Waals surface area contributed by atoms with E-state index < -0.39 is 0 Å². The first-order valence-corrected chi connectivity index (χ1v) is 12.7. The standard InChI is InChI=1S/C24H25N5O2S2/c1-28-22(16-9-11-18(31-2)12-10-16)26-27-24(28)32-15-21(30)29-13-5-6-17(14-29)23-25-19-7-3-4-8-20(19)33-23/h3-4,7-12,17H,5-6,13-15H2,1-2H3/t17-/m0/s1. The van der Waals surface area contributed by atoms with Crippen LogP contribution in [-0.2, 0) is 11.8 Å². The van der Waals surface area contributed by atoms with E-state index in [0.29, 0.717) is 11.7 Å². The summed E-state index contributed by atoms with van der Waals surface area (Å²) in [6.45, 7) is 1.53. The van der Waals surface area contributed by atoms with Crippen LogP contribution in [0.15, 0.2) is 53.7 Å². The number of para-hydroxylation sites is 1. The molecule has 1 saturated heterocycles. The summed E-state index contributed by atoms with van der Waals surface area (Å²) in [6.07, 6.45) is 2.08. The van der Waals surface area contributed by atoms with Gasteiger partial charge in [-0.05, 0) is 49.2 Å². The zero-order valence-electron chi connectivity index (χ0n) is 18.6. The lowest BCUT2D eigenvalue weighted by molar-refractivity contribution is -0.129. The van der Waals surface area contributed by atoms with Crippen LogP contribution in [0.25, 0.3) is 21.6 Å². The van der Waals surface area contributed by atoms with Crippen LogP contribution in [-0.4, -0.2) is 56.5 Å². The first kappa shape index (κ1) is 21.9. The number of hydrogen-bond donors (Lipinski definition) is 0. The molecule has 1 fully saturated rings. The lowest BCUT2D eigenvalue weighted by Gasteiger charge is -2.31. The maximum absolute atomic E-state index is 13.0. The van der Waals surface area contributed by atoms with Crippen molar-refractivity contribution in [2.45, 2.75) is 23.9 Å². The van der Waals surface area contributed by atoms with Gasteiger partial charge in [-0.1, -0.05) is 23.9 Å². The van der Waals surface area contributed by atoms with Crippen LogP contribution in [0.2, 0.25) is 0 Å². The molecular formula is C24H25N5O2S2. The van der Waals surface area contributed by atoms with Crippen molar-refractivity contribution in [3.05, 3.63) is 53.5 Å². The number of fused-ring (bicyclic) bond motifs is 1. The highest BCUT2D eigenvalue weighted by molar-refractivity contribution is 7.99. The van der Waals surface area contributed by atoms with E-state index in [1.54, 1.807) is 18.4 Å². The van der Waals surface area contributed by atoms with Crippen LogP contribution in [0, 0.1) is 0 Å². The summed E-state index contributed by atoms with van der Waals surface area (Å²) < 4.78 is 8.36. The van der Waals surface area contributed by atoms with Crippen molar-refractivity contribution in [1.29, 1.82) is 0 Å². The number of hydrogen-bond acceptors (Lipinski definition) is 7. The molecule has 33 heavy (non-hydrogen) atoms. The number of ether oxygens (including phenoxy) is 1. The Morgan fingerprint density at radius 3 is 2.79 bits per heavy atom. The van der Waals surface area contributed by atoms with Crippen molar-refractivity contribution in [1.82, 2.24) is 24.6 Å². The van der Waals surface area contributed by atoms with Crippen LogP contribution in [0.1, 0.15) is 23.8 Å². The minimum atomic E-state index is 0.139. The average Bonchev–Trinajstić information content (AvgIpc) is 3.46. The van der Waals surface area contributed by atoms with E-state index in [1.807, 2.05) is 52.9 Å². The Labute approximate surface area is 200 Å². The molecule has 4 aromatic rings. The van der Waals surface area contributed by atoms with Gasteiger partial charge in [0.05, 0.1) is 28.1 Å². The molecule has 5 rings (SSSR count). The Morgan fingerprint density at radius 2 is 2.00 bits per heavy atom. The number of rotatable bonds is 6. The molecule has 170 valence electrons. The van der Waals surface area contributed by atoms with E-state index in [2.05, 4.69) is 22.3 Å². The predicted molar refractivity (Wildman–Crippen MR) is 132 cm³/mol. The number of methoxy groups -OCH3 is 1. The van der Waals surface area contributed by atoms with Crippen LogP contribution in [0.3, 0.4) is 0 Å². The van der Waals surface area contributed by atoms with Crippen LogP contribution in [0.4, 0.5) is 0 Å². The second-order valence-electron chi connectivity index (χ2n) is 8.08. The molecule has 1 amide bonds. The van der Waals surface area contributed by atoms with Crippen molar-refractivity contribution in [3.8, 4) is 17.1 Å². The molecular weight excluding hydrogens is 454 g/mol. The Hall–Kier alpha value is -2.91. The number of benzene rings is 2. The minimum Gasteiger partial charge on any atom is -0.497 e.